The van der Waals surface area contributed by atoms with Gasteiger partial charge < -0.3 is 15.6 Å². The number of nitro groups is 1. The normalized spacial score (nSPS) is 11.8. The minimum absolute atomic E-state index is 0.128. The molecule has 2 amide bonds. The summed E-state index contributed by atoms with van der Waals surface area (Å²) >= 11 is 0. The molecule has 0 aliphatic carbocycles. The summed E-state index contributed by atoms with van der Waals surface area (Å²) in [5, 5.41) is 16.1. The molecule has 1 atom stereocenters. The molecule has 3 aromatic rings. The molecule has 0 aliphatic heterocycles. The number of aryl methyl sites for hydroxylation is 1. The highest BCUT2D eigenvalue weighted by Gasteiger charge is 2.18. The number of aromatic nitrogens is 2. The number of hydrogen-bond donors (Lipinski definition) is 3. The van der Waals surface area contributed by atoms with Crippen molar-refractivity contribution in [3.8, 4) is 0 Å². The van der Waals surface area contributed by atoms with Crippen LogP contribution < -0.4 is 10.6 Å². The zero-order chi connectivity index (χ0) is 20.8. The highest BCUT2D eigenvalue weighted by molar-refractivity contribution is 5.97. The Morgan fingerprint density at radius 2 is 2.00 bits per heavy atom. The van der Waals surface area contributed by atoms with Crippen molar-refractivity contribution in [1.82, 2.24) is 20.6 Å². The summed E-state index contributed by atoms with van der Waals surface area (Å²) < 4.78 is 0. The smallest absolute Gasteiger partial charge is 0.270 e. The van der Waals surface area contributed by atoms with Crippen molar-refractivity contribution in [3.63, 3.8) is 0 Å². The van der Waals surface area contributed by atoms with E-state index >= 15 is 0 Å². The third kappa shape index (κ3) is 5.16. The first kappa shape index (κ1) is 20.0. The molecule has 3 N–H and O–H groups in total. The van der Waals surface area contributed by atoms with Crippen LogP contribution in [0.4, 0.5) is 5.69 Å². The summed E-state index contributed by atoms with van der Waals surface area (Å²) in [5.41, 5.74) is 1.83. The molecule has 3 rings (SSSR count). The van der Waals surface area contributed by atoms with Gasteiger partial charge in [0.1, 0.15) is 11.9 Å². The number of amides is 2. The van der Waals surface area contributed by atoms with Gasteiger partial charge in [-0.2, -0.15) is 0 Å². The molecular formula is C20H21N5O4. The van der Waals surface area contributed by atoms with Crippen molar-refractivity contribution in [2.24, 2.45) is 0 Å². The second kappa shape index (κ2) is 8.96. The Bertz CT molecular complexity index is 1010. The van der Waals surface area contributed by atoms with E-state index in [9.17, 15) is 19.7 Å². The summed E-state index contributed by atoms with van der Waals surface area (Å²) in [6, 6.07) is 12.3. The van der Waals surface area contributed by atoms with E-state index < -0.39 is 16.9 Å². The van der Waals surface area contributed by atoms with Gasteiger partial charge in [-0.25, -0.2) is 4.98 Å². The molecule has 1 unspecified atom stereocenters. The number of imidazole rings is 1. The first-order valence-corrected chi connectivity index (χ1v) is 9.20. The van der Waals surface area contributed by atoms with Crippen LogP contribution in [0.25, 0.3) is 11.0 Å². The van der Waals surface area contributed by atoms with Crippen LogP contribution in [0.15, 0.2) is 48.5 Å². The fourth-order valence-electron chi connectivity index (χ4n) is 2.85. The maximum Gasteiger partial charge on any atom is 0.270 e. The second-order valence-electron chi connectivity index (χ2n) is 6.60. The number of nitrogens with zero attached hydrogens (tertiary/aromatic N) is 2. The average Bonchev–Trinajstić information content (AvgIpc) is 3.13. The maximum absolute atomic E-state index is 12.2. The molecular weight excluding hydrogens is 374 g/mol. The molecule has 150 valence electrons. The maximum atomic E-state index is 12.2. The molecule has 2 aromatic carbocycles. The molecule has 9 heteroatoms. The van der Waals surface area contributed by atoms with Crippen molar-refractivity contribution in [1.29, 1.82) is 0 Å². The van der Waals surface area contributed by atoms with Crippen LogP contribution in [-0.2, 0) is 11.2 Å². The van der Waals surface area contributed by atoms with Gasteiger partial charge in [0.15, 0.2) is 0 Å². The molecule has 0 fully saturated rings. The number of nitrogens with one attached hydrogen (secondary N) is 3. The predicted octanol–water partition coefficient (Wildman–Crippen LogP) is 2.34. The average molecular weight is 395 g/mol. The molecule has 0 aliphatic rings. The highest BCUT2D eigenvalue weighted by Crippen LogP contribution is 2.13. The van der Waals surface area contributed by atoms with Gasteiger partial charge in [-0.05, 0) is 31.5 Å². The SMILES string of the molecule is CC(NC(=O)c1cccc([N+](=O)[O-])c1)C(=O)NCCCc1nc2ccccc2[nH]1. The van der Waals surface area contributed by atoms with Crippen LogP contribution in [-0.4, -0.2) is 39.3 Å². The van der Waals surface area contributed by atoms with Crippen LogP contribution in [0.3, 0.4) is 0 Å². The Hall–Kier alpha value is -3.75. The van der Waals surface area contributed by atoms with Crippen molar-refractivity contribution in [2.75, 3.05) is 6.54 Å². The van der Waals surface area contributed by atoms with Gasteiger partial charge >= 0.3 is 0 Å². The van der Waals surface area contributed by atoms with E-state index in [-0.39, 0.29) is 17.2 Å². The van der Waals surface area contributed by atoms with Crippen LogP contribution >= 0.6 is 0 Å². The van der Waals surface area contributed by atoms with E-state index in [0.717, 1.165) is 16.9 Å². The van der Waals surface area contributed by atoms with Crippen molar-refractivity contribution >= 4 is 28.5 Å². The van der Waals surface area contributed by atoms with Gasteiger partial charge in [0, 0.05) is 30.7 Å². The second-order valence-corrected chi connectivity index (χ2v) is 6.60. The van der Waals surface area contributed by atoms with E-state index in [4.69, 9.17) is 0 Å². The van der Waals surface area contributed by atoms with Crippen molar-refractivity contribution < 1.29 is 14.5 Å². The van der Waals surface area contributed by atoms with E-state index in [1.165, 1.54) is 24.3 Å². The Morgan fingerprint density at radius 3 is 2.76 bits per heavy atom. The lowest BCUT2D eigenvalue weighted by molar-refractivity contribution is -0.384. The lowest BCUT2D eigenvalue weighted by Crippen LogP contribution is -2.45. The lowest BCUT2D eigenvalue weighted by atomic mass is 10.1. The molecule has 0 saturated carbocycles. The molecule has 1 aromatic heterocycles. The van der Waals surface area contributed by atoms with Gasteiger partial charge in [0.25, 0.3) is 11.6 Å². The molecule has 1 heterocycles. The zero-order valence-electron chi connectivity index (χ0n) is 15.8. The van der Waals surface area contributed by atoms with Crippen LogP contribution in [0.2, 0.25) is 0 Å². The molecule has 9 nitrogen and oxygen atoms in total. The van der Waals surface area contributed by atoms with Gasteiger partial charge in [0.2, 0.25) is 5.91 Å². The van der Waals surface area contributed by atoms with Crippen LogP contribution in [0, 0.1) is 10.1 Å². The van der Waals surface area contributed by atoms with Crippen molar-refractivity contribution in [2.45, 2.75) is 25.8 Å². The zero-order valence-corrected chi connectivity index (χ0v) is 15.8. The Labute approximate surface area is 166 Å². The third-order valence-electron chi connectivity index (χ3n) is 4.39. The number of rotatable bonds is 8. The number of carbonyl (C=O) groups is 2. The monoisotopic (exact) mass is 395 g/mol. The quantitative estimate of drug-likeness (QED) is 0.306. The summed E-state index contributed by atoms with van der Waals surface area (Å²) in [4.78, 5) is 42.3. The molecule has 0 saturated heterocycles. The fourth-order valence-corrected chi connectivity index (χ4v) is 2.85. The molecule has 29 heavy (non-hydrogen) atoms. The number of H-pyrrole nitrogens is 1. The number of carbonyl (C=O) groups excluding carboxylic acids is 2. The highest BCUT2D eigenvalue weighted by atomic mass is 16.6. The van der Waals surface area contributed by atoms with Gasteiger partial charge in [-0.1, -0.05) is 18.2 Å². The van der Waals surface area contributed by atoms with E-state index in [1.807, 2.05) is 24.3 Å². The summed E-state index contributed by atoms with van der Waals surface area (Å²) in [6.45, 7) is 2.00. The number of hydrogen-bond acceptors (Lipinski definition) is 5. The van der Waals surface area contributed by atoms with E-state index in [1.54, 1.807) is 6.92 Å². The Morgan fingerprint density at radius 1 is 1.21 bits per heavy atom. The molecule has 0 bridgehead atoms. The van der Waals surface area contributed by atoms with Gasteiger partial charge in [-0.3, -0.25) is 19.7 Å². The third-order valence-corrected chi connectivity index (χ3v) is 4.39. The van der Waals surface area contributed by atoms with E-state index in [2.05, 4.69) is 20.6 Å². The topological polar surface area (TPSA) is 130 Å². The first-order valence-electron chi connectivity index (χ1n) is 9.20. The largest absolute Gasteiger partial charge is 0.354 e. The predicted molar refractivity (Wildman–Crippen MR) is 107 cm³/mol. The summed E-state index contributed by atoms with van der Waals surface area (Å²) in [6.07, 6.45) is 1.38. The minimum atomic E-state index is -0.770. The fraction of sp³-hybridized carbons (Fsp3) is 0.250. The Balaban J connectivity index is 1.44. The molecule has 0 radical (unpaired) electrons. The number of nitro benzene ring substituents is 1. The van der Waals surface area contributed by atoms with E-state index in [0.29, 0.717) is 19.4 Å². The first-order chi connectivity index (χ1) is 13.9. The standard InChI is InChI=1S/C20H21N5O4/c1-13(22-20(27)14-6-4-7-15(12-14)25(28)29)19(26)21-11-5-10-18-23-16-8-2-3-9-17(16)24-18/h2-4,6-9,12-13H,5,10-11H2,1H3,(H,21,26)(H,22,27)(H,23,24). The number of aromatic amines is 1. The van der Waals surface area contributed by atoms with Crippen molar-refractivity contribution in [3.05, 3.63) is 70.0 Å². The number of benzene rings is 2. The Kier molecular flexibility index (Phi) is 6.18. The number of fused-ring (bicyclic) bond motifs is 1. The van der Waals surface area contributed by atoms with Crippen LogP contribution in [0.1, 0.15) is 29.5 Å². The van der Waals surface area contributed by atoms with Gasteiger partial charge in [0.05, 0.1) is 16.0 Å². The number of para-hydroxylation sites is 2. The summed E-state index contributed by atoms with van der Waals surface area (Å²) in [7, 11) is 0. The molecule has 0 spiro atoms. The number of non-ortho nitro benzene ring substituents is 1. The summed E-state index contributed by atoms with van der Waals surface area (Å²) in [5.74, 6) is -0.0144. The minimum Gasteiger partial charge on any atom is -0.354 e. The van der Waals surface area contributed by atoms with Gasteiger partial charge in [-0.15, -0.1) is 0 Å². The van der Waals surface area contributed by atoms with Crippen LogP contribution in [0.5, 0.6) is 0 Å². The lowest BCUT2D eigenvalue weighted by Gasteiger charge is -2.14.